The number of Topliss-reactive ketones (excluding diaryl/α,β-unsaturated/α-hetero) is 5. The molecule has 23 nitrogen and oxygen atoms in total. The first-order valence-corrected chi connectivity index (χ1v) is 16.6. The second-order valence-electron chi connectivity index (χ2n) is 13.4. The van der Waals surface area contributed by atoms with Gasteiger partial charge in [-0.25, -0.2) is 14.4 Å². The Morgan fingerprint density at radius 3 is 1.10 bits per heavy atom. The van der Waals surface area contributed by atoms with Gasteiger partial charge in [0, 0.05) is 6.92 Å². The number of esters is 3. The van der Waals surface area contributed by atoms with E-state index in [1.807, 2.05) is 0 Å². The Morgan fingerprint density at radius 2 is 0.800 bits per heavy atom. The van der Waals surface area contributed by atoms with Crippen LogP contribution in [-0.2, 0) is 42.9 Å². The molecule has 0 aliphatic carbocycles. The summed E-state index contributed by atoms with van der Waals surface area (Å²) in [5, 5.41) is 115. The van der Waals surface area contributed by atoms with E-state index >= 15 is 0 Å². The molecule has 1 aliphatic rings. The van der Waals surface area contributed by atoms with E-state index in [4.69, 9.17) is 18.9 Å². The molecule has 0 bridgehead atoms. The maximum absolute atomic E-state index is 14.3. The van der Waals surface area contributed by atoms with Crippen LogP contribution in [0.2, 0.25) is 0 Å². The molecule has 0 saturated carbocycles. The van der Waals surface area contributed by atoms with Gasteiger partial charge in [0.25, 0.3) is 5.60 Å². The van der Waals surface area contributed by atoms with Crippen LogP contribution < -0.4 is 0 Å². The highest BCUT2D eigenvalue weighted by Gasteiger charge is 2.92. The summed E-state index contributed by atoms with van der Waals surface area (Å²) in [4.78, 5) is 112. The largest absolute Gasteiger partial charge is 0.504 e. The van der Waals surface area contributed by atoms with Crippen molar-refractivity contribution in [3.63, 3.8) is 0 Å². The minimum absolute atomic E-state index is 0.299. The van der Waals surface area contributed by atoms with Crippen LogP contribution in [0.15, 0.2) is 36.4 Å². The molecule has 4 rings (SSSR count). The van der Waals surface area contributed by atoms with Gasteiger partial charge in [0.2, 0.25) is 22.6 Å². The van der Waals surface area contributed by atoms with Gasteiger partial charge < -0.3 is 75.1 Å². The van der Waals surface area contributed by atoms with Crippen LogP contribution in [0.25, 0.3) is 0 Å². The molecular weight excluding hydrogens is 812 g/mol. The smallest absolute Gasteiger partial charge is 0.341 e. The van der Waals surface area contributed by atoms with Gasteiger partial charge in [-0.2, -0.15) is 0 Å². The lowest BCUT2D eigenvalue weighted by atomic mass is 9.53. The average Bonchev–Trinajstić information content (AvgIpc) is 3.15. The van der Waals surface area contributed by atoms with Crippen molar-refractivity contribution in [1.82, 2.24) is 0 Å². The van der Waals surface area contributed by atoms with Gasteiger partial charge in [0.1, 0.15) is 6.61 Å². The van der Waals surface area contributed by atoms with Crippen molar-refractivity contribution in [2.75, 3.05) is 6.61 Å². The molecule has 1 saturated heterocycles. The number of aliphatic hydroxyl groups is 2. The van der Waals surface area contributed by atoms with Gasteiger partial charge >= 0.3 is 23.7 Å². The molecule has 0 radical (unpaired) electrons. The molecule has 1 fully saturated rings. The Balaban J connectivity index is 2.22. The molecular formula is C37H34O23. The summed E-state index contributed by atoms with van der Waals surface area (Å²) >= 11 is 0. The number of phenols is 9. The van der Waals surface area contributed by atoms with Crippen LogP contribution in [0.3, 0.4) is 0 Å². The number of hydrogen-bond donors (Lipinski definition) is 11. The fourth-order valence-electron chi connectivity index (χ4n) is 6.77. The first-order chi connectivity index (χ1) is 27.5. The van der Waals surface area contributed by atoms with Crippen molar-refractivity contribution in [3.05, 3.63) is 53.1 Å². The second-order valence-corrected chi connectivity index (χ2v) is 13.4. The number of ether oxygens (including phenoxy) is 4. The average molecular weight is 847 g/mol. The van der Waals surface area contributed by atoms with E-state index in [1.165, 1.54) is 0 Å². The SMILES string of the molecule is CC(=O)[C@]1(OC(=O)c2cc(O)c(O)c(O)c2)O[C@@](COC(=O)c2cc(O)c(O)c(O)c2)(C(C)=O)[C@](O)(C(C)=O)[C@@](OC(=O)c2cc(O)c(O)c(O)c2)(C(C)=O)[C@@]1(O)C(C)=O. The van der Waals surface area contributed by atoms with Crippen LogP contribution in [0.1, 0.15) is 65.7 Å². The fourth-order valence-corrected chi connectivity index (χ4v) is 6.77. The van der Waals surface area contributed by atoms with E-state index in [0.29, 0.717) is 71.0 Å². The van der Waals surface area contributed by atoms with Crippen molar-refractivity contribution in [2.24, 2.45) is 0 Å². The Kier molecular flexibility index (Phi) is 11.3. The highest BCUT2D eigenvalue weighted by atomic mass is 16.8. The van der Waals surface area contributed by atoms with Crippen LogP contribution in [0.4, 0.5) is 0 Å². The molecule has 1 heterocycles. The zero-order valence-electron chi connectivity index (χ0n) is 31.5. The number of carbonyl (C=O) groups excluding carboxylic acids is 8. The molecule has 5 atom stereocenters. The van der Waals surface area contributed by atoms with Gasteiger partial charge in [0.15, 0.2) is 74.9 Å². The lowest BCUT2D eigenvalue weighted by Gasteiger charge is -2.64. The second kappa shape index (κ2) is 15.0. The van der Waals surface area contributed by atoms with Crippen LogP contribution in [0.5, 0.6) is 51.7 Å². The Morgan fingerprint density at radius 1 is 0.467 bits per heavy atom. The summed E-state index contributed by atoms with van der Waals surface area (Å²) in [6.07, 6.45) is 0. The molecule has 0 amide bonds. The lowest BCUT2D eigenvalue weighted by molar-refractivity contribution is -0.404. The molecule has 0 spiro atoms. The Bertz CT molecular complexity index is 2350. The molecule has 3 aromatic rings. The van der Waals surface area contributed by atoms with Crippen molar-refractivity contribution in [1.29, 1.82) is 0 Å². The summed E-state index contributed by atoms with van der Waals surface area (Å²) in [5.41, 5.74) is -20.7. The number of phenolic OH excluding ortho intramolecular Hbond substituents is 9. The van der Waals surface area contributed by atoms with Crippen LogP contribution in [-0.4, -0.2) is 138 Å². The maximum Gasteiger partial charge on any atom is 0.341 e. The highest BCUT2D eigenvalue weighted by molar-refractivity contribution is 6.14. The lowest BCUT2D eigenvalue weighted by Crippen LogP contribution is -2.95. The third-order valence-electron chi connectivity index (χ3n) is 9.75. The van der Waals surface area contributed by atoms with Crippen molar-refractivity contribution in [2.45, 2.75) is 62.8 Å². The molecule has 23 heteroatoms. The predicted molar refractivity (Wildman–Crippen MR) is 188 cm³/mol. The summed E-state index contributed by atoms with van der Waals surface area (Å²) in [6.45, 7) is -0.265. The van der Waals surface area contributed by atoms with Gasteiger partial charge in [-0.1, -0.05) is 0 Å². The van der Waals surface area contributed by atoms with Gasteiger partial charge in [-0.3, -0.25) is 24.0 Å². The summed E-state index contributed by atoms with van der Waals surface area (Å²) in [5.74, 6) is -31.1. The summed E-state index contributed by atoms with van der Waals surface area (Å²) < 4.78 is 21.4. The van der Waals surface area contributed by atoms with E-state index in [2.05, 4.69) is 0 Å². The number of hydrogen-bond acceptors (Lipinski definition) is 23. The minimum Gasteiger partial charge on any atom is -0.504 e. The number of ketones is 5. The van der Waals surface area contributed by atoms with Crippen molar-refractivity contribution < 1.29 is 113 Å². The quantitative estimate of drug-likeness (QED) is 0.0623. The number of benzene rings is 3. The first kappa shape index (κ1) is 45.2. The molecule has 0 unspecified atom stereocenters. The van der Waals surface area contributed by atoms with Crippen molar-refractivity contribution in [3.8, 4) is 51.7 Å². The third kappa shape index (κ3) is 6.27. The van der Waals surface area contributed by atoms with Gasteiger partial charge in [-0.05, 0) is 64.1 Å². The van der Waals surface area contributed by atoms with Crippen LogP contribution in [0, 0.1) is 0 Å². The summed E-state index contributed by atoms with van der Waals surface area (Å²) in [6, 6.07) is 2.40. The molecule has 60 heavy (non-hydrogen) atoms. The van der Waals surface area contributed by atoms with Crippen molar-refractivity contribution >= 4 is 46.8 Å². The van der Waals surface area contributed by atoms with E-state index < -0.39 is 150 Å². The molecule has 1 aliphatic heterocycles. The standard InChI is InChI=1S/C37H34O23/c1-13(38)33(12-57-30(52)18-6-21(43)27(49)22(44)7-18)34(55,14(2)39)36(16(4)41,58-31(53)19-8-23(45)28(50)24(46)9-19)35(56,15(3)40)37(60-33,17(5)42)59-32(54)20-10-25(47)29(51)26(48)11-20/h6-11,43-51,55-56H,12H2,1-5H3/t33-,34+,35-,36-,37-/m0/s1. The minimum atomic E-state index is -4.61. The summed E-state index contributed by atoms with van der Waals surface area (Å²) in [7, 11) is 0. The Hall–Kier alpha value is -7.50. The highest BCUT2D eigenvalue weighted by Crippen LogP contribution is 2.59. The number of carbonyl (C=O) groups is 8. The monoisotopic (exact) mass is 846 g/mol. The molecule has 3 aromatic carbocycles. The van der Waals surface area contributed by atoms with E-state index in [9.17, 15) is 94.5 Å². The number of aromatic hydroxyl groups is 9. The van der Waals surface area contributed by atoms with Gasteiger partial charge in [0.05, 0.1) is 16.7 Å². The van der Waals surface area contributed by atoms with E-state index in [0.717, 1.165) is 0 Å². The normalized spacial score (nSPS) is 24.7. The number of rotatable bonds is 12. The Labute approximate surface area is 334 Å². The van der Waals surface area contributed by atoms with E-state index in [1.54, 1.807) is 0 Å². The zero-order chi connectivity index (χ0) is 45.8. The fraction of sp³-hybridized carbons (Fsp3) is 0.297. The topological polar surface area (TPSA) is 396 Å². The molecule has 0 aromatic heterocycles. The van der Waals surface area contributed by atoms with Crippen LogP contribution >= 0.6 is 0 Å². The molecule has 11 N–H and O–H groups in total. The zero-order valence-corrected chi connectivity index (χ0v) is 31.5. The predicted octanol–water partition coefficient (Wildman–Crippen LogP) is -0.481. The van der Waals surface area contributed by atoms with E-state index in [-0.39, 0.29) is 0 Å². The maximum atomic E-state index is 14.3. The molecule has 320 valence electrons. The first-order valence-electron chi connectivity index (χ1n) is 16.6. The third-order valence-corrected chi connectivity index (χ3v) is 9.75. The van der Waals surface area contributed by atoms with Gasteiger partial charge in [-0.15, -0.1) is 0 Å².